The fourth-order valence-corrected chi connectivity index (χ4v) is 16.3. The highest BCUT2D eigenvalue weighted by Crippen LogP contribution is 2.67. The van der Waals surface area contributed by atoms with Crippen LogP contribution in [0.15, 0.2) is 0 Å². The van der Waals surface area contributed by atoms with Gasteiger partial charge in [0, 0.05) is 10.8 Å². The average Bonchev–Trinajstić information content (AvgIpc) is 1.59. The van der Waals surface area contributed by atoms with Crippen LogP contribution in [0.2, 0.25) is 0 Å². The molecule has 0 aromatic carbocycles. The zero-order valence-electron chi connectivity index (χ0n) is 62.3. The minimum atomic E-state index is -0.345. The molecule has 8 bridgehead atoms. The number of rotatable bonds is 18. The largest absolute Gasteiger partial charge is 0.462 e. The number of carbonyl (C=O) groups is 6. The zero-order valence-corrected chi connectivity index (χ0v) is 62.3. The van der Waals surface area contributed by atoms with Gasteiger partial charge in [-0.3, -0.25) is 28.8 Å². The van der Waals surface area contributed by atoms with Gasteiger partial charge in [0.2, 0.25) is 0 Å². The van der Waals surface area contributed by atoms with E-state index in [0.29, 0.717) is 22.7 Å². The van der Waals surface area contributed by atoms with Gasteiger partial charge in [0.25, 0.3) is 0 Å². The van der Waals surface area contributed by atoms with Crippen molar-refractivity contribution in [2.45, 2.75) is 375 Å². The molecule has 10 fully saturated rings. The lowest BCUT2D eigenvalue weighted by Crippen LogP contribution is -2.40. The molecule has 12 heteroatoms. The summed E-state index contributed by atoms with van der Waals surface area (Å²) in [6.45, 7) is 43.9. The molecule has 15 unspecified atom stereocenters. The van der Waals surface area contributed by atoms with E-state index in [1.165, 1.54) is 103 Å². The normalized spacial score (nSPS) is 32.4. The monoisotopic (exact) mass is 1280 g/mol. The number of carbonyl (C=O) groups excluding carboxylic acids is 6. The Morgan fingerprint density at radius 3 is 1.02 bits per heavy atom. The van der Waals surface area contributed by atoms with Crippen molar-refractivity contribution in [2.24, 2.45) is 91.2 Å². The lowest BCUT2D eigenvalue weighted by molar-refractivity contribution is -0.167. The van der Waals surface area contributed by atoms with Gasteiger partial charge >= 0.3 is 35.8 Å². The van der Waals surface area contributed by atoms with Gasteiger partial charge in [-0.2, -0.15) is 0 Å². The van der Waals surface area contributed by atoms with Crippen LogP contribution >= 0.6 is 0 Å². The molecule has 15 atom stereocenters. The highest BCUT2D eigenvalue weighted by Gasteiger charge is 2.64. The molecule has 526 valence electrons. The van der Waals surface area contributed by atoms with E-state index in [4.69, 9.17) is 28.4 Å². The summed E-state index contributed by atoms with van der Waals surface area (Å²) >= 11 is 0. The molecule has 0 heterocycles. The summed E-state index contributed by atoms with van der Waals surface area (Å²) in [6.07, 6.45) is 35.4. The first-order valence-electron chi connectivity index (χ1n) is 37.7. The molecule has 10 aliphatic carbocycles. The second-order valence-corrected chi connectivity index (χ2v) is 34.3. The standard InChI is InChI=1S/C16H28O2.C15H26O2.C13H22O2.C12H20O2.C12H22O2.C11H20O2/c1-7-14(2,3)13(17)18-12-10-11-8-9-16(12,6)15(11,4)5;1-6-10(2)13(16)17-12-9-11-7-8-15(12,5)14(11,3)4;1-4-13(2,3)12(14)15-11-8-9-5-6-10(11)7-9;1-3-8(2)12(13)14-11-7-9-4-5-10(11)6-9;1-4-12(2,3)11(13)14-10-8-6-5-7-9-10;1-3-9(2)11(12)13-10-7-5-4-6-8-10/h11-12H,7-10H2,1-6H3;10-12H,6-9H2,1-5H3;9-11H,4-8H2,1-3H3;8-11H,3-7H2,1-2H3;10H,4-9H2,1-3H3;9-10H,3-8H2,1-2H3. The van der Waals surface area contributed by atoms with E-state index in [1.807, 2.05) is 104 Å². The quantitative estimate of drug-likeness (QED) is 0.0946. The molecule has 0 aliphatic heterocycles. The first-order chi connectivity index (χ1) is 42.5. The molecule has 0 radical (unpaired) electrons. The van der Waals surface area contributed by atoms with Crippen molar-refractivity contribution in [2.75, 3.05) is 0 Å². The number of hydrogen-bond acceptors (Lipinski definition) is 12. The second kappa shape index (κ2) is 33.7. The van der Waals surface area contributed by atoms with E-state index in [1.54, 1.807) is 0 Å². The molecule has 0 spiro atoms. The van der Waals surface area contributed by atoms with E-state index in [-0.39, 0.29) is 117 Å². The number of esters is 6. The van der Waals surface area contributed by atoms with Gasteiger partial charge < -0.3 is 28.4 Å². The minimum absolute atomic E-state index is 0.00192. The Balaban J connectivity index is 0.000000199. The van der Waals surface area contributed by atoms with E-state index in [2.05, 4.69) is 41.5 Å². The lowest BCUT2D eigenvalue weighted by atomic mass is 9.70. The van der Waals surface area contributed by atoms with Crippen molar-refractivity contribution in [3.8, 4) is 0 Å². The van der Waals surface area contributed by atoms with Crippen LogP contribution in [0.3, 0.4) is 0 Å². The maximum absolute atomic E-state index is 12.3. The van der Waals surface area contributed by atoms with Crippen LogP contribution in [0.25, 0.3) is 0 Å². The third-order valence-corrected chi connectivity index (χ3v) is 26.8. The maximum atomic E-state index is 12.3. The second-order valence-electron chi connectivity index (χ2n) is 34.3. The molecule has 0 aromatic rings. The fraction of sp³-hybridized carbons (Fsp3) is 0.924. The van der Waals surface area contributed by atoms with Crippen LogP contribution in [0.5, 0.6) is 0 Å². The van der Waals surface area contributed by atoms with Crippen molar-refractivity contribution in [3.05, 3.63) is 0 Å². The first-order valence-corrected chi connectivity index (χ1v) is 37.7. The lowest BCUT2D eigenvalue weighted by Gasteiger charge is -2.39. The topological polar surface area (TPSA) is 158 Å². The third kappa shape index (κ3) is 19.8. The molecule has 10 aliphatic rings. The highest BCUT2D eigenvalue weighted by molar-refractivity contribution is 5.77. The Bertz CT molecular complexity index is 2320. The van der Waals surface area contributed by atoms with E-state index in [0.717, 1.165) is 114 Å². The molecule has 0 saturated heterocycles. The fourth-order valence-electron chi connectivity index (χ4n) is 16.3. The van der Waals surface area contributed by atoms with E-state index >= 15 is 0 Å². The van der Waals surface area contributed by atoms with Gasteiger partial charge in [0.15, 0.2) is 0 Å². The average molecular weight is 1280 g/mol. The van der Waals surface area contributed by atoms with Gasteiger partial charge in [0.05, 0.1) is 34.0 Å². The molecular weight excluding hydrogens is 1140 g/mol. The summed E-state index contributed by atoms with van der Waals surface area (Å²) < 4.78 is 33.8. The van der Waals surface area contributed by atoms with Crippen molar-refractivity contribution >= 4 is 35.8 Å². The van der Waals surface area contributed by atoms with Crippen molar-refractivity contribution in [3.63, 3.8) is 0 Å². The summed E-state index contributed by atoms with van der Waals surface area (Å²) in [5, 5.41) is 0. The van der Waals surface area contributed by atoms with Crippen molar-refractivity contribution in [1.29, 1.82) is 0 Å². The summed E-state index contributed by atoms with van der Waals surface area (Å²) in [5.41, 5.74) is 0.0568. The van der Waals surface area contributed by atoms with E-state index < -0.39 is 0 Å². The molecule has 10 saturated carbocycles. The van der Waals surface area contributed by atoms with Crippen LogP contribution in [0, 0.1) is 91.2 Å². The van der Waals surface area contributed by atoms with Crippen molar-refractivity contribution < 1.29 is 57.2 Å². The summed E-state index contributed by atoms with van der Waals surface area (Å²) in [5.74, 6) is 4.70. The Kier molecular flexibility index (Phi) is 29.0. The summed E-state index contributed by atoms with van der Waals surface area (Å²) in [4.78, 5) is 70.8. The van der Waals surface area contributed by atoms with Crippen LogP contribution in [-0.2, 0) is 57.2 Å². The molecule has 91 heavy (non-hydrogen) atoms. The molecule has 10 rings (SSSR count). The van der Waals surface area contributed by atoms with E-state index in [9.17, 15) is 28.8 Å². The van der Waals surface area contributed by atoms with Crippen molar-refractivity contribution in [1.82, 2.24) is 0 Å². The first kappa shape index (κ1) is 78.5. The van der Waals surface area contributed by atoms with Gasteiger partial charge in [-0.15, -0.1) is 0 Å². The Morgan fingerprint density at radius 2 is 0.703 bits per heavy atom. The Morgan fingerprint density at radius 1 is 0.374 bits per heavy atom. The van der Waals surface area contributed by atoms with Crippen LogP contribution < -0.4 is 0 Å². The van der Waals surface area contributed by atoms with Gasteiger partial charge in [-0.1, -0.05) is 117 Å². The number of ether oxygens (including phenoxy) is 6. The summed E-state index contributed by atoms with van der Waals surface area (Å²) in [6, 6.07) is 0. The smallest absolute Gasteiger partial charge is 0.311 e. The molecule has 0 N–H and O–H groups in total. The molecular formula is C79H138O12. The van der Waals surface area contributed by atoms with Crippen LogP contribution in [-0.4, -0.2) is 72.4 Å². The van der Waals surface area contributed by atoms with Crippen LogP contribution in [0.4, 0.5) is 0 Å². The molecule has 0 amide bonds. The number of hydrogen-bond donors (Lipinski definition) is 0. The third-order valence-electron chi connectivity index (χ3n) is 26.8. The SMILES string of the molecule is CCC(C)(C)C(=O)OC1CC2CCC1(C)C2(C)C.CCC(C)(C)C(=O)OC1CC2CCC1C2.CCC(C)(C)C(=O)OC1CCCCC1.CCC(C)C(=O)OC1CC2CCC1(C)C2(C)C.CCC(C)C(=O)OC1CC2CCC1C2.CCC(C)C(=O)OC1CCCCC1. The zero-order chi connectivity index (χ0) is 68.1. The summed E-state index contributed by atoms with van der Waals surface area (Å²) in [7, 11) is 0. The molecule has 0 aromatic heterocycles. The minimum Gasteiger partial charge on any atom is -0.462 e. The van der Waals surface area contributed by atoms with Crippen LogP contribution in [0.1, 0.15) is 338 Å². The predicted octanol–water partition coefficient (Wildman–Crippen LogP) is 20.1. The number of fused-ring (bicyclic) bond motifs is 8. The highest BCUT2D eigenvalue weighted by atomic mass is 16.6. The van der Waals surface area contributed by atoms with Gasteiger partial charge in [-0.25, -0.2) is 0 Å². The molecule has 12 nitrogen and oxygen atoms in total. The van der Waals surface area contributed by atoms with Gasteiger partial charge in [-0.05, 0) is 268 Å². The van der Waals surface area contributed by atoms with Gasteiger partial charge in [0.1, 0.15) is 36.6 Å². The Labute approximate surface area is 556 Å². The predicted molar refractivity (Wildman–Crippen MR) is 365 cm³/mol. The maximum Gasteiger partial charge on any atom is 0.311 e. The Hall–Kier alpha value is -3.18.